The Labute approximate surface area is 81.1 Å². The van der Waals surface area contributed by atoms with Gasteiger partial charge in [0, 0.05) is 7.05 Å². The van der Waals surface area contributed by atoms with Crippen LogP contribution < -0.4 is 5.73 Å². The van der Waals surface area contributed by atoms with Gasteiger partial charge in [0.05, 0.1) is 12.2 Å². The molecule has 0 aliphatic carbocycles. The number of nitrogens with two attached hydrogens (primary N) is 1. The molecule has 12 heavy (non-hydrogen) atoms. The SMILES string of the molecule is CCCc1c(Br)nc(CN)n1C. The van der Waals surface area contributed by atoms with Crippen molar-refractivity contribution in [1.29, 1.82) is 0 Å². The first-order valence-electron chi connectivity index (χ1n) is 4.10. The zero-order valence-corrected chi connectivity index (χ0v) is 9.06. The molecular weight excluding hydrogens is 218 g/mol. The fourth-order valence-electron chi connectivity index (χ4n) is 1.24. The fraction of sp³-hybridized carbons (Fsp3) is 0.625. The van der Waals surface area contributed by atoms with E-state index in [9.17, 15) is 0 Å². The van der Waals surface area contributed by atoms with Crippen molar-refractivity contribution < 1.29 is 0 Å². The van der Waals surface area contributed by atoms with E-state index < -0.39 is 0 Å². The summed E-state index contributed by atoms with van der Waals surface area (Å²) in [6.45, 7) is 2.65. The van der Waals surface area contributed by atoms with Crippen LogP contribution in [0.1, 0.15) is 24.9 Å². The van der Waals surface area contributed by atoms with E-state index in [1.165, 1.54) is 5.69 Å². The summed E-state index contributed by atoms with van der Waals surface area (Å²) in [5.74, 6) is 0.935. The summed E-state index contributed by atoms with van der Waals surface area (Å²) in [6, 6.07) is 0. The standard InChI is InChI=1S/C8H14BrN3/c1-3-4-6-8(9)11-7(5-10)12(6)2/h3-5,10H2,1-2H3. The lowest BCUT2D eigenvalue weighted by atomic mass is 10.3. The highest BCUT2D eigenvalue weighted by Gasteiger charge is 2.09. The zero-order valence-electron chi connectivity index (χ0n) is 7.47. The number of imidazole rings is 1. The number of halogens is 1. The van der Waals surface area contributed by atoms with Gasteiger partial charge in [-0.25, -0.2) is 4.98 Å². The average Bonchev–Trinajstić information content (AvgIpc) is 2.32. The topological polar surface area (TPSA) is 43.8 Å². The zero-order chi connectivity index (χ0) is 9.14. The van der Waals surface area contributed by atoms with Crippen LogP contribution in [-0.2, 0) is 20.0 Å². The van der Waals surface area contributed by atoms with E-state index in [1.54, 1.807) is 0 Å². The third-order valence-corrected chi connectivity index (χ3v) is 2.56. The van der Waals surface area contributed by atoms with E-state index in [-0.39, 0.29) is 0 Å². The van der Waals surface area contributed by atoms with Crippen molar-refractivity contribution in [2.24, 2.45) is 12.8 Å². The molecule has 3 nitrogen and oxygen atoms in total. The Morgan fingerprint density at radius 3 is 2.67 bits per heavy atom. The molecule has 0 spiro atoms. The summed E-state index contributed by atoms with van der Waals surface area (Å²) >= 11 is 3.42. The summed E-state index contributed by atoms with van der Waals surface area (Å²) in [7, 11) is 2.00. The Hall–Kier alpha value is -0.350. The van der Waals surface area contributed by atoms with Crippen molar-refractivity contribution in [2.45, 2.75) is 26.3 Å². The first-order valence-corrected chi connectivity index (χ1v) is 4.90. The molecule has 0 unspecified atom stereocenters. The summed E-state index contributed by atoms with van der Waals surface area (Å²) < 4.78 is 3.00. The van der Waals surface area contributed by atoms with Gasteiger partial charge < -0.3 is 10.3 Å². The second-order valence-electron chi connectivity index (χ2n) is 2.78. The second kappa shape index (κ2) is 4.05. The Morgan fingerprint density at radius 1 is 1.58 bits per heavy atom. The molecule has 0 radical (unpaired) electrons. The van der Waals surface area contributed by atoms with Crippen molar-refractivity contribution >= 4 is 15.9 Å². The normalized spacial score (nSPS) is 10.7. The summed E-state index contributed by atoms with van der Waals surface area (Å²) in [6.07, 6.45) is 2.17. The van der Waals surface area contributed by atoms with Crippen LogP contribution in [-0.4, -0.2) is 9.55 Å². The van der Waals surface area contributed by atoms with Gasteiger partial charge in [-0.05, 0) is 22.4 Å². The molecule has 0 saturated heterocycles. The summed E-state index contributed by atoms with van der Waals surface area (Å²) in [5.41, 5.74) is 6.76. The maximum atomic E-state index is 5.52. The molecule has 0 aliphatic heterocycles. The molecule has 1 aromatic rings. The van der Waals surface area contributed by atoms with Crippen LogP contribution in [0.4, 0.5) is 0 Å². The van der Waals surface area contributed by atoms with E-state index in [0.717, 1.165) is 23.3 Å². The van der Waals surface area contributed by atoms with E-state index in [4.69, 9.17) is 5.73 Å². The minimum Gasteiger partial charge on any atom is -0.333 e. The van der Waals surface area contributed by atoms with Crippen molar-refractivity contribution in [3.05, 3.63) is 16.1 Å². The molecule has 1 heterocycles. The smallest absolute Gasteiger partial charge is 0.127 e. The van der Waals surface area contributed by atoms with E-state index in [0.29, 0.717) is 6.54 Å². The quantitative estimate of drug-likeness (QED) is 0.860. The van der Waals surface area contributed by atoms with Crippen LogP contribution >= 0.6 is 15.9 Å². The maximum absolute atomic E-state index is 5.52. The first-order chi connectivity index (χ1) is 5.70. The van der Waals surface area contributed by atoms with Gasteiger partial charge in [0.15, 0.2) is 0 Å². The van der Waals surface area contributed by atoms with Crippen molar-refractivity contribution in [3.8, 4) is 0 Å². The number of hydrogen-bond acceptors (Lipinski definition) is 2. The summed E-state index contributed by atoms with van der Waals surface area (Å²) in [5, 5.41) is 0. The van der Waals surface area contributed by atoms with Gasteiger partial charge in [-0.1, -0.05) is 13.3 Å². The Kier molecular flexibility index (Phi) is 3.29. The van der Waals surface area contributed by atoms with Crippen LogP contribution in [0.25, 0.3) is 0 Å². The molecule has 0 aliphatic rings. The number of nitrogens with zero attached hydrogens (tertiary/aromatic N) is 2. The van der Waals surface area contributed by atoms with Gasteiger partial charge in [-0.2, -0.15) is 0 Å². The molecule has 4 heteroatoms. The maximum Gasteiger partial charge on any atom is 0.127 e. The molecule has 0 amide bonds. The molecule has 0 saturated carbocycles. The van der Waals surface area contributed by atoms with Gasteiger partial charge in [-0.3, -0.25) is 0 Å². The molecular formula is C8H14BrN3. The Morgan fingerprint density at radius 2 is 2.25 bits per heavy atom. The lowest BCUT2D eigenvalue weighted by Crippen LogP contribution is -2.06. The lowest BCUT2D eigenvalue weighted by Gasteiger charge is -2.02. The monoisotopic (exact) mass is 231 g/mol. The predicted molar refractivity (Wildman–Crippen MR) is 52.8 cm³/mol. The molecule has 0 bridgehead atoms. The molecule has 1 rings (SSSR count). The Bertz CT molecular complexity index is 268. The number of hydrogen-bond donors (Lipinski definition) is 1. The van der Waals surface area contributed by atoms with Crippen LogP contribution in [0.15, 0.2) is 4.60 Å². The molecule has 68 valence electrons. The molecule has 0 fully saturated rings. The fourth-order valence-corrected chi connectivity index (χ4v) is 1.91. The lowest BCUT2D eigenvalue weighted by molar-refractivity contribution is 0.733. The van der Waals surface area contributed by atoms with Gasteiger partial charge in [0.25, 0.3) is 0 Å². The van der Waals surface area contributed by atoms with Gasteiger partial charge in [-0.15, -0.1) is 0 Å². The van der Waals surface area contributed by atoms with Gasteiger partial charge in [0.2, 0.25) is 0 Å². The largest absolute Gasteiger partial charge is 0.333 e. The third-order valence-electron chi connectivity index (χ3n) is 1.93. The Balaban J connectivity index is 3.01. The first kappa shape index (κ1) is 9.74. The summed E-state index contributed by atoms with van der Waals surface area (Å²) in [4.78, 5) is 4.30. The third kappa shape index (κ3) is 1.69. The van der Waals surface area contributed by atoms with Crippen molar-refractivity contribution in [1.82, 2.24) is 9.55 Å². The predicted octanol–water partition coefficient (Wildman–Crippen LogP) is 1.59. The average molecular weight is 232 g/mol. The highest BCUT2D eigenvalue weighted by Crippen LogP contribution is 2.17. The minimum absolute atomic E-state index is 0.499. The number of rotatable bonds is 3. The second-order valence-corrected chi connectivity index (χ2v) is 3.53. The van der Waals surface area contributed by atoms with Crippen LogP contribution in [0, 0.1) is 0 Å². The molecule has 0 aromatic carbocycles. The number of aromatic nitrogens is 2. The van der Waals surface area contributed by atoms with Gasteiger partial charge in [0.1, 0.15) is 10.4 Å². The molecule has 1 aromatic heterocycles. The van der Waals surface area contributed by atoms with Crippen LogP contribution in [0.3, 0.4) is 0 Å². The van der Waals surface area contributed by atoms with E-state index in [2.05, 4.69) is 32.4 Å². The van der Waals surface area contributed by atoms with E-state index >= 15 is 0 Å². The highest BCUT2D eigenvalue weighted by atomic mass is 79.9. The highest BCUT2D eigenvalue weighted by molar-refractivity contribution is 9.10. The van der Waals surface area contributed by atoms with Crippen LogP contribution in [0.5, 0.6) is 0 Å². The van der Waals surface area contributed by atoms with E-state index in [1.807, 2.05) is 7.05 Å². The van der Waals surface area contributed by atoms with Crippen molar-refractivity contribution in [3.63, 3.8) is 0 Å². The minimum atomic E-state index is 0.499. The van der Waals surface area contributed by atoms with Crippen molar-refractivity contribution in [2.75, 3.05) is 0 Å². The van der Waals surface area contributed by atoms with Gasteiger partial charge >= 0.3 is 0 Å². The molecule has 0 atom stereocenters. The van der Waals surface area contributed by atoms with Crippen LogP contribution in [0.2, 0.25) is 0 Å². The molecule has 2 N–H and O–H groups in total.